The lowest BCUT2D eigenvalue weighted by Gasteiger charge is -1.93. The van der Waals surface area contributed by atoms with E-state index in [1.54, 1.807) is 6.20 Å². The molecule has 0 radical (unpaired) electrons. The number of aryl methyl sites for hydroxylation is 1. The molecule has 0 unspecified atom stereocenters. The predicted octanol–water partition coefficient (Wildman–Crippen LogP) is 2.53. The fraction of sp³-hybridized carbons (Fsp3) is 0.300. The molecular weight excluding hydrogens is 214 g/mol. The van der Waals surface area contributed by atoms with Crippen LogP contribution in [0.4, 0.5) is 0 Å². The highest BCUT2D eigenvalue weighted by Crippen LogP contribution is 2.00. The Labute approximate surface area is 81.3 Å². The van der Waals surface area contributed by atoms with E-state index in [1.807, 2.05) is 19.1 Å². The molecule has 1 heterocycles. The molecule has 0 aliphatic carbocycles. The van der Waals surface area contributed by atoms with Gasteiger partial charge in [0.1, 0.15) is 5.69 Å². The zero-order valence-electron chi connectivity index (χ0n) is 6.97. The van der Waals surface area contributed by atoms with Crippen LogP contribution in [0, 0.1) is 18.8 Å². The zero-order chi connectivity index (χ0) is 8.81. The number of hydrogen-bond donors (Lipinski definition) is 0. The molecule has 0 spiro atoms. The van der Waals surface area contributed by atoms with Crippen molar-refractivity contribution in [2.75, 3.05) is 5.33 Å². The smallest absolute Gasteiger partial charge is 0.116 e. The Hall–Kier alpha value is -0.810. The van der Waals surface area contributed by atoms with Crippen LogP contribution in [0.1, 0.15) is 17.7 Å². The van der Waals surface area contributed by atoms with Crippen LogP contribution in [0.15, 0.2) is 18.3 Å². The van der Waals surface area contributed by atoms with E-state index in [1.165, 1.54) is 0 Å². The molecule has 1 aromatic heterocycles. The van der Waals surface area contributed by atoms with E-state index in [0.717, 1.165) is 23.0 Å². The second-order valence-electron chi connectivity index (χ2n) is 2.41. The highest BCUT2D eigenvalue weighted by atomic mass is 79.9. The van der Waals surface area contributed by atoms with Gasteiger partial charge in [-0.05, 0) is 24.5 Å². The molecule has 1 aromatic rings. The summed E-state index contributed by atoms with van der Waals surface area (Å²) in [6, 6.07) is 3.94. The topological polar surface area (TPSA) is 12.9 Å². The highest BCUT2D eigenvalue weighted by Gasteiger charge is 1.90. The number of halogens is 1. The van der Waals surface area contributed by atoms with Gasteiger partial charge in [-0.3, -0.25) is 0 Å². The molecule has 0 amide bonds. The van der Waals surface area contributed by atoms with Gasteiger partial charge in [0.15, 0.2) is 0 Å². The SMILES string of the molecule is Cc1cccnc1C#CCCBr. The first-order valence-electron chi connectivity index (χ1n) is 3.81. The van der Waals surface area contributed by atoms with Crippen LogP contribution in [0.5, 0.6) is 0 Å². The van der Waals surface area contributed by atoms with E-state index < -0.39 is 0 Å². The second kappa shape index (κ2) is 4.95. The van der Waals surface area contributed by atoms with Crippen LogP contribution < -0.4 is 0 Å². The first kappa shape index (κ1) is 9.28. The van der Waals surface area contributed by atoms with Crippen LogP contribution in [0.3, 0.4) is 0 Å². The van der Waals surface area contributed by atoms with Crippen molar-refractivity contribution in [1.82, 2.24) is 4.98 Å². The molecule has 0 fully saturated rings. The quantitative estimate of drug-likeness (QED) is 0.527. The average Bonchev–Trinajstić information content (AvgIpc) is 2.09. The lowest BCUT2D eigenvalue weighted by atomic mass is 10.2. The fourth-order valence-corrected chi connectivity index (χ4v) is 1.01. The predicted molar refractivity (Wildman–Crippen MR) is 54.3 cm³/mol. The molecule has 0 atom stereocenters. The summed E-state index contributed by atoms with van der Waals surface area (Å²) in [7, 11) is 0. The Morgan fingerprint density at radius 3 is 3.08 bits per heavy atom. The summed E-state index contributed by atoms with van der Waals surface area (Å²) in [6.45, 7) is 2.02. The number of pyridine rings is 1. The maximum atomic E-state index is 4.16. The fourth-order valence-electron chi connectivity index (χ4n) is 0.810. The van der Waals surface area contributed by atoms with Crippen molar-refractivity contribution < 1.29 is 0 Å². The van der Waals surface area contributed by atoms with Gasteiger partial charge < -0.3 is 0 Å². The lowest BCUT2D eigenvalue weighted by Crippen LogP contribution is -1.85. The van der Waals surface area contributed by atoms with E-state index in [-0.39, 0.29) is 0 Å². The summed E-state index contributed by atoms with van der Waals surface area (Å²) in [5, 5.41) is 0.923. The first-order valence-corrected chi connectivity index (χ1v) is 4.93. The molecule has 2 heteroatoms. The Morgan fingerprint density at radius 2 is 2.42 bits per heavy atom. The summed E-state index contributed by atoms with van der Waals surface area (Å²) in [4.78, 5) is 4.16. The van der Waals surface area contributed by atoms with Crippen molar-refractivity contribution in [3.63, 3.8) is 0 Å². The summed E-state index contributed by atoms with van der Waals surface area (Å²) < 4.78 is 0. The van der Waals surface area contributed by atoms with Crippen molar-refractivity contribution in [3.05, 3.63) is 29.6 Å². The second-order valence-corrected chi connectivity index (χ2v) is 3.20. The maximum Gasteiger partial charge on any atom is 0.116 e. The average molecular weight is 224 g/mol. The molecule has 1 rings (SSSR count). The van der Waals surface area contributed by atoms with Gasteiger partial charge in [-0.1, -0.05) is 27.9 Å². The van der Waals surface area contributed by atoms with Crippen molar-refractivity contribution >= 4 is 15.9 Å². The van der Waals surface area contributed by atoms with Crippen molar-refractivity contribution in [1.29, 1.82) is 0 Å². The number of hydrogen-bond acceptors (Lipinski definition) is 1. The summed E-state index contributed by atoms with van der Waals surface area (Å²) >= 11 is 3.32. The molecule has 0 saturated carbocycles. The van der Waals surface area contributed by atoms with Crippen LogP contribution in [0.25, 0.3) is 0 Å². The zero-order valence-corrected chi connectivity index (χ0v) is 8.56. The monoisotopic (exact) mass is 223 g/mol. The van der Waals surface area contributed by atoms with Gasteiger partial charge >= 0.3 is 0 Å². The Balaban J connectivity index is 2.77. The minimum atomic E-state index is 0.871. The van der Waals surface area contributed by atoms with Crippen molar-refractivity contribution in [3.8, 4) is 11.8 Å². The molecule has 0 bridgehead atoms. The number of alkyl halides is 1. The van der Waals surface area contributed by atoms with Crippen LogP contribution in [-0.4, -0.2) is 10.3 Å². The minimum absolute atomic E-state index is 0.871. The number of nitrogens with zero attached hydrogens (tertiary/aromatic N) is 1. The highest BCUT2D eigenvalue weighted by molar-refractivity contribution is 9.09. The molecule has 0 saturated heterocycles. The van der Waals surface area contributed by atoms with Crippen molar-refractivity contribution in [2.24, 2.45) is 0 Å². The van der Waals surface area contributed by atoms with Crippen LogP contribution in [-0.2, 0) is 0 Å². The molecule has 1 nitrogen and oxygen atoms in total. The van der Waals surface area contributed by atoms with Gasteiger partial charge in [0.2, 0.25) is 0 Å². The van der Waals surface area contributed by atoms with Gasteiger partial charge in [0.25, 0.3) is 0 Å². The maximum absolute atomic E-state index is 4.16. The van der Waals surface area contributed by atoms with E-state index in [9.17, 15) is 0 Å². The van der Waals surface area contributed by atoms with Crippen LogP contribution in [0.2, 0.25) is 0 Å². The molecule has 12 heavy (non-hydrogen) atoms. The molecule has 0 aromatic carbocycles. The standard InChI is InChI=1S/C10H10BrN/c1-9-5-4-8-12-10(9)6-2-3-7-11/h4-5,8H,3,7H2,1H3. The normalized spacial score (nSPS) is 8.83. The summed E-state index contributed by atoms with van der Waals surface area (Å²) in [6.07, 6.45) is 2.64. The third kappa shape index (κ3) is 2.67. The van der Waals surface area contributed by atoms with E-state index in [2.05, 4.69) is 32.8 Å². The largest absolute Gasteiger partial charge is 0.248 e. The molecule has 0 aliphatic rings. The minimum Gasteiger partial charge on any atom is -0.248 e. The third-order valence-corrected chi connectivity index (χ3v) is 1.83. The van der Waals surface area contributed by atoms with Gasteiger partial charge in [0.05, 0.1) is 0 Å². The molecular formula is C10H10BrN. The van der Waals surface area contributed by atoms with E-state index in [4.69, 9.17) is 0 Å². The van der Waals surface area contributed by atoms with Gasteiger partial charge in [-0.2, -0.15) is 0 Å². The molecule has 62 valence electrons. The van der Waals surface area contributed by atoms with Gasteiger partial charge in [-0.15, -0.1) is 0 Å². The van der Waals surface area contributed by atoms with Crippen LogP contribution >= 0.6 is 15.9 Å². The first-order chi connectivity index (χ1) is 5.84. The Kier molecular flexibility index (Phi) is 3.83. The Bertz CT molecular complexity index is 309. The number of rotatable bonds is 1. The third-order valence-electron chi connectivity index (χ3n) is 1.44. The lowest BCUT2D eigenvalue weighted by molar-refractivity contribution is 1.22. The Morgan fingerprint density at radius 1 is 1.58 bits per heavy atom. The summed E-state index contributed by atoms with van der Waals surface area (Å²) in [5.41, 5.74) is 2.03. The number of aromatic nitrogens is 1. The molecule has 0 N–H and O–H groups in total. The van der Waals surface area contributed by atoms with E-state index in [0.29, 0.717) is 0 Å². The van der Waals surface area contributed by atoms with E-state index >= 15 is 0 Å². The molecule has 0 aliphatic heterocycles. The van der Waals surface area contributed by atoms with Gasteiger partial charge in [-0.25, -0.2) is 4.98 Å². The van der Waals surface area contributed by atoms with Crippen molar-refractivity contribution in [2.45, 2.75) is 13.3 Å². The van der Waals surface area contributed by atoms with Gasteiger partial charge in [0, 0.05) is 17.9 Å². The summed E-state index contributed by atoms with van der Waals surface area (Å²) in [5.74, 6) is 6.06.